The van der Waals surface area contributed by atoms with Crippen molar-refractivity contribution in [3.05, 3.63) is 89.4 Å². The number of hydrogen-bond acceptors (Lipinski definition) is 8. The number of hydrogen-bond donors (Lipinski definition) is 2. The van der Waals surface area contributed by atoms with E-state index in [9.17, 15) is 14.4 Å². The van der Waals surface area contributed by atoms with Gasteiger partial charge in [0, 0.05) is 35.3 Å². The van der Waals surface area contributed by atoms with Gasteiger partial charge in [-0.1, -0.05) is 30.3 Å². The second kappa shape index (κ2) is 14.5. The van der Waals surface area contributed by atoms with E-state index in [1.54, 1.807) is 79.0 Å². The molecule has 0 aliphatic heterocycles. The summed E-state index contributed by atoms with van der Waals surface area (Å²) >= 11 is 1.27. The molecule has 2 N–H and O–H groups in total. The number of nitrogens with one attached hydrogen (secondary N) is 2. The number of rotatable bonds is 9. The molecule has 0 radical (unpaired) electrons. The van der Waals surface area contributed by atoms with Gasteiger partial charge in [-0.3, -0.25) is 15.0 Å². The first kappa shape index (κ1) is 34.0. The third-order valence-corrected chi connectivity index (χ3v) is 7.18. The third-order valence-electron chi connectivity index (χ3n) is 6.37. The summed E-state index contributed by atoms with van der Waals surface area (Å²) in [6.45, 7) is 11.0. The monoisotopic (exact) mass is 644 g/mol. The molecule has 11 heteroatoms. The van der Waals surface area contributed by atoms with Crippen molar-refractivity contribution in [3.63, 3.8) is 0 Å². The van der Waals surface area contributed by atoms with Gasteiger partial charge in [-0.05, 0) is 95.1 Å². The number of nitrogens with zero attached hydrogens (tertiary/aromatic N) is 2. The van der Waals surface area contributed by atoms with Crippen molar-refractivity contribution >= 4 is 45.9 Å². The molecular weight excluding hydrogens is 604 g/mol. The van der Waals surface area contributed by atoms with E-state index < -0.39 is 23.4 Å². The van der Waals surface area contributed by atoms with E-state index in [4.69, 9.17) is 14.2 Å². The fourth-order valence-corrected chi connectivity index (χ4v) is 5.10. The van der Waals surface area contributed by atoms with Crippen molar-refractivity contribution in [3.8, 4) is 16.9 Å². The molecule has 0 saturated heterocycles. The van der Waals surface area contributed by atoms with Crippen LogP contribution in [-0.2, 0) is 15.9 Å². The van der Waals surface area contributed by atoms with E-state index in [1.165, 1.54) is 16.2 Å². The average Bonchev–Trinajstić information content (AvgIpc) is 3.43. The Labute approximate surface area is 273 Å². The van der Waals surface area contributed by atoms with Crippen LogP contribution in [0.15, 0.2) is 78.2 Å². The van der Waals surface area contributed by atoms with Gasteiger partial charge in [0.05, 0.1) is 12.8 Å². The lowest BCUT2D eigenvalue weighted by molar-refractivity contribution is 0.0578. The molecule has 0 unspecified atom stereocenters. The lowest BCUT2D eigenvalue weighted by Gasteiger charge is -2.27. The van der Waals surface area contributed by atoms with Crippen LogP contribution >= 0.6 is 11.3 Å². The van der Waals surface area contributed by atoms with Gasteiger partial charge in [0.15, 0.2) is 5.13 Å². The quantitative estimate of drug-likeness (QED) is 0.188. The zero-order valence-corrected chi connectivity index (χ0v) is 28.0. The number of amides is 3. The van der Waals surface area contributed by atoms with Crippen molar-refractivity contribution in [2.75, 3.05) is 29.2 Å². The summed E-state index contributed by atoms with van der Waals surface area (Å²) in [5.41, 5.74) is 2.74. The Kier molecular flexibility index (Phi) is 10.7. The van der Waals surface area contributed by atoms with Crippen LogP contribution in [0.3, 0.4) is 0 Å². The number of methoxy groups -OCH3 is 1. The first-order valence-corrected chi connectivity index (χ1v) is 15.7. The molecule has 0 aliphatic rings. The largest absolute Gasteiger partial charge is 0.497 e. The Morgan fingerprint density at radius 3 is 2.11 bits per heavy atom. The summed E-state index contributed by atoms with van der Waals surface area (Å²) < 4.78 is 16.2. The minimum absolute atomic E-state index is 0.262. The van der Waals surface area contributed by atoms with Gasteiger partial charge in [0.2, 0.25) is 0 Å². The van der Waals surface area contributed by atoms with Gasteiger partial charge in [-0.25, -0.2) is 14.6 Å². The number of carbonyl (C=O) groups is 3. The van der Waals surface area contributed by atoms with Crippen LogP contribution in [0, 0.1) is 0 Å². The van der Waals surface area contributed by atoms with Gasteiger partial charge < -0.3 is 19.5 Å². The summed E-state index contributed by atoms with van der Waals surface area (Å²) in [6.07, 6.45) is -0.688. The maximum atomic E-state index is 13.4. The molecule has 3 aromatic carbocycles. The Morgan fingerprint density at radius 1 is 0.826 bits per heavy atom. The fourth-order valence-electron chi connectivity index (χ4n) is 4.37. The van der Waals surface area contributed by atoms with Crippen LogP contribution in [0.25, 0.3) is 11.1 Å². The van der Waals surface area contributed by atoms with Crippen LogP contribution in [0.1, 0.15) is 57.6 Å². The van der Waals surface area contributed by atoms with E-state index in [2.05, 4.69) is 15.6 Å². The van der Waals surface area contributed by atoms with Crippen molar-refractivity contribution < 1.29 is 28.6 Å². The summed E-state index contributed by atoms with van der Waals surface area (Å²) in [5.74, 6) is 0.472. The minimum atomic E-state index is -0.703. The van der Waals surface area contributed by atoms with Gasteiger partial charge in [-0.15, -0.1) is 11.3 Å². The second-order valence-electron chi connectivity index (χ2n) is 12.4. The Morgan fingerprint density at radius 2 is 1.48 bits per heavy atom. The predicted molar refractivity (Wildman–Crippen MR) is 182 cm³/mol. The topological polar surface area (TPSA) is 119 Å². The molecule has 4 aromatic rings. The smallest absolute Gasteiger partial charge is 0.414 e. The molecule has 242 valence electrons. The highest BCUT2D eigenvalue weighted by Crippen LogP contribution is 2.28. The highest BCUT2D eigenvalue weighted by molar-refractivity contribution is 7.13. The summed E-state index contributed by atoms with van der Waals surface area (Å²) in [4.78, 5) is 44.7. The molecule has 10 nitrogen and oxygen atoms in total. The zero-order chi connectivity index (χ0) is 33.5. The van der Waals surface area contributed by atoms with Gasteiger partial charge in [0.1, 0.15) is 17.0 Å². The minimum Gasteiger partial charge on any atom is -0.497 e. The number of anilines is 3. The molecule has 0 bridgehead atoms. The molecule has 1 heterocycles. The summed E-state index contributed by atoms with van der Waals surface area (Å²) in [6, 6.07) is 21.9. The van der Waals surface area contributed by atoms with Crippen LogP contribution in [0.4, 0.5) is 26.1 Å². The molecule has 0 aliphatic carbocycles. The molecule has 46 heavy (non-hydrogen) atoms. The fraction of sp³-hybridized carbons (Fsp3) is 0.314. The van der Waals surface area contributed by atoms with E-state index in [-0.39, 0.29) is 12.5 Å². The zero-order valence-electron chi connectivity index (χ0n) is 27.2. The van der Waals surface area contributed by atoms with E-state index in [0.29, 0.717) is 34.2 Å². The van der Waals surface area contributed by atoms with Gasteiger partial charge in [0.25, 0.3) is 5.91 Å². The Hall–Kier alpha value is -4.90. The van der Waals surface area contributed by atoms with Crippen molar-refractivity contribution in [1.82, 2.24) is 4.98 Å². The molecule has 1 aromatic heterocycles. The molecule has 0 atom stereocenters. The first-order valence-electron chi connectivity index (χ1n) is 14.8. The standard InChI is InChI=1S/C35H40N4O6S/c1-34(2,3)44-32(41)38-31-37-25(22-46-31)20-21-39(33(42)45-35(4,5)6)26-16-14-24(15-17-26)36-30(40)29-11-9-8-10-28(29)23-12-18-27(43-7)19-13-23/h8-19,22H,20-21H2,1-7H3,(H,36,40)(H,37,38,41). The number of thiazole rings is 1. The Bertz CT molecular complexity index is 1650. The van der Waals surface area contributed by atoms with E-state index in [0.717, 1.165) is 16.9 Å². The molecule has 4 rings (SSSR count). The maximum Gasteiger partial charge on any atom is 0.414 e. The highest BCUT2D eigenvalue weighted by atomic mass is 32.1. The molecule has 0 spiro atoms. The lowest BCUT2D eigenvalue weighted by atomic mass is 9.99. The average molecular weight is 645 g/mol. The molecular formula is C35H40N4O6S. The summed E-state index contributed by atoms with van der Waals surface area (Å²) in [5, 5.41) is 7.83. The Balaban J connectivity index is 1.47. The van der Waals surface area contributed by atoms with Crippen LogP contribution in [-0.4, -0.2) is 47.9 Å². The SMILES string of the molecule is COc1ccc(-c2ccccc2C(=O)Nc2ccc(N(CCc3csc(NC(=O)OC(C)(C)C)n3)C(=O)OC(C)(C)C)cc2)cc1. The molecule has 0 fully saturated rings. The third kappa shape index (κ3) is 9.80. The number of ether oxygens (including phenoxy) is 3. The molecule has 3 amide bonds. The number of carbonyl (C=O) groups excluding carboxylic acids is 3. The second-order valence-corrected chi connectivity index (χ2v) is 13.3. The predicted octanol–water partition coefficient (Wildman–Crippen LogP) is 8.40. The number of benzene rings is 3. The van der Waals surface area contributed by atoms with E-state index in [1.807, 2.05) is 47.8 Å². The van der Waals surface area contributed by atoms with E-state index >= 15 is 0 Å². The maximum absolute atomic E-state index is 13.4. The lowest BCUT2D eigenvalue weighted by Crippen LogP contribution is -2.38. The van der Waals surface area contributed by atoms with Crippen LogP contribution in [0.2, 0.25) is 0 Å². The normalized spacial score (nSPS) is 11.4. The van der Waals surface area contributed by atoms with Crippen molar-refractivity contribution in [2.24, 2.45) is 0 Å². The number of aromatic nitrogens is 1. The first-order chi connectivity index (χ1) is 21.7. The van der Waals surface area contributed by atoms with Gasteiger partial charge >= 0.3 is 12.2 Å². The van der Waals surface area contributed by atoms with Gasteiger partial charge in [-0.2, -0.15) is 0 Å². The van der Waals surface area contributed by atoms with Crippen molar-refractivity contribution in [1.29, 1.82) is 0 Å². The van der Waals surface area contributed by atoms with Crippen molar-refractivity contribution in [2.45, 2.75) is 59.2 Å². The van der Waals surface area contributed by atoms with Crippen LogP contribution < -0.4 is 20.3 Å². The highest BCUT2D eigenvalue weighted by Gasteiger charge is 2.24. The van der Waals surface area contributed by atoms with Crippen LogP contribution in [0.5, 0.6) is 5.75 Å². The molecule has 0 saturated carbocycles. The summed E-state index contributed by atoms with van der Waals surface area (Å²) in [7, 11) is 1.61.